The number of rotatable bonds is 5. The van der Waals surface area contributed by atoms with Crippen molar-refractivity contribution in [3.63, 3.8) is 0 Å². The van der Waals surface area contributed by atoms with Crippen molar-refractivity contribution in [3.05, 3.63) is 60.2 Å². The number of methoxy groups -OCH3 is 1. The summed E-state index contributed by atoms with van der Waals surface area (Å²) in [5.74, 6) is 2.15. The molecule has 1 unspecified atom stereocenters. The van der Waals surface area contributed by atoms with Gasteiger partial charge in [-0.1, -0.05) is 17.3 Å². The van der Waals surface area contributed by atoms with E-state index >= 15 is 0 Å². The van der Waals surface area contributed by atoms with Crippen molar-refractivity contribution in [1.29, 1.82) is 0 Å². The fourth-order valence-electron chi connectivity index (χ4n) is 4.73. The normalized spacial score (nSPS) is 20.1. The van der Waals surface area contributed by atoms with Crippen LogP contribution in [0.4, 0.5) is 0 Å². The fourth-order valence-corrected chi connectivity index (χ4v) is 4.73. The molecule has 1 spiro atoms. The molecule has 8 nitrogen and oxygen atoms in total. The maximum Gasteiger partial charge on any atom is 0.244 e. The number of hydrogen-bond acceptors (Lipinski definition) is 7. The van der Waals surface area contributed by atoms with Crippen molar-refractivity contribution in [1.82, 2.24) is 24.9 Å². The molecule has 1 amide bonds. The molecule has 2 aliphatic rings. The Balaban J connectivity index is 1.20. The highest BCUT2D eigenvalue weighted by Crippen LogP contribution is 2.47. The Kier molecular flexibility index (Phi) is 4.94. The molecule has 31 heavy (non-hydrogen) atoms. The van der Waals surface area contributed by atoms with Crippen LogP contribution in [0.15, 0.2) is 53.3 Å². The molecular weight excluding hydrogens is 394 g/mol. The molecular formula is C23H25N5O3. The molecule has 2 aromatic heterocycles. The average Bonchev–Trinajstić information content (AvgIpc) is 3.38. The van der Waals surface area contributed by atoms with Gasteiger partial charge in [0.2, 0.25) is 17.6 Å². The van der Waals surface area contributed by atoms with E-state index in [4.69, 9.17) is 9.26 Å². The van der Waals surface area contributed by atoms with Gasteiger partial charge < -0.3 is 14.2 Å². The van der Waals surface area contributed by atoms with Gasteiger partial charge in [0, 0.05) is 43.0 Å². The Morgan fingerprint density at radius 1 is 1.23 bits per heavy atom. The second-order valence-electron chi connectivity index (χ2n) is 8.61. The Hall–Kier alpha value is -3.26. The number of carbonyl (C=O) groups is 1. The lowest BCUT2D eigenvalue weighted by molar-refractivity contribution is -0.141. The van der Waals surface area contributed by atoms with Crippen LogP contribution in [0.1, 0.15) is 23.9 Å². The highest BCUT2D eigenvalue weighted by molar-refractivity contribution is 5.79. The minimum absolute atomic E-state index is 0.0664. The minimum atomic E-state index is 0.0664. The molecule has 4 heterocycles. The summed E-state index contributed by atoms with van der Waals surface area (Å²) < 4.78 is 10.8. The first-order valence-corrected chi connectivity index (χ1v) is 10.4. The Labute approximate surface area is 180 Å². The molecule has 1 aromatic carbocycles. The number of pyridine rings is 1. The summed E-state index contributed by atoms with van der Waals surface area (Å²) in [5, 5.41) is 4.13. The van der Waals surface area contributed by atoms with Crippen molar-refractivity contribution in [2.24, 2.45) is 5.41 Å². The van der Waals surface area contributed by atoms with Crippen LogP contribution in [-0.4, -0.2) is 64.6 Å². The first kappa shape index (κ1) is 19.7. The third-order valence-electron chi connectivity index (χ3n) is 6.31. The highest BCUT2D eigenvalue weighted by Gasteiger charge is 2.53. The first-order chi connectivity index (χ1) is 15.0. The zero-order valence-corrected chi connectivity index (χ0v) is 17.7. The molecule has 0 radical (unpaired) electrons. The van der Waals surface area contributed by atoms with E-state index in [1.807, 2.05) is 41.3 Å². The maximum atomic E-state index is 12.7. The van der Waals surface area contributed by atoms with Gasteiger partial charge in [-0.2, -0.15) is 4.98 Å². The Morgan fingerprint density at radius 2 is 2.03 bits per heavy atom. The number of amides is 1. The number of carbonyl (C=O) groups excluding carboxylic acids is 1. The summed E-state index contributed by atoms with van der Waals surface area (Å²) in [5.41, 5.74) is 1.94. The van der Waals surface area contributed by atoms with Crippen LogP contribution < -0.4 is 4.74 Å². The summed E-state index contributed by atoms with van der Waals surface area (Å²) >= 11 is 0. The summed E-state index contributed by atoms with van der Waals surface area (Å²) in [6.07, 6.45) is 4.77. The number of likely N-dealkylation sites (tertiary alicyclic amines) is 2. The van der Waals surface area contributed by atoms with Crippen molar-refractivity contribution in [3.8, 4) is 17.1 Å². The van der Waals surface area contributed by atoms with Crippen LogP contribution in [0.25, 0.3) is 11.4 Å². The molecule has 0 bridgehead atoms. The van der Waals surface area contributed by atoms with Crippen LogP contribution in [0.2, 0.25) is 0 Å². The Morgan fingerprint density at radius 3 is 2.74 bits per heavy atom. The SMILES string of the molecule is COc1ccc(CC(=O)N2CC3(CC(c4nc(-c5cccnc5)no4)N(C)C3)C2)cc1. The van der Waals surface area contributed by atoms with E-state index in [9.17, 15) is 4.79 Å². The molecule has 1 atom stereocenters. The average molecular weight is 419 g/mol. The lowest BCUT2D eigenvalue weighted by Crippen LogP contribution is -2.59. The molecule has 2 aliphatic heterocycles. The van der Waals surface area contributed by atoms with E-state index in [0.717, 1.165) is 42.9 Å². The van der Waals surface area contributed by atoms with Gasteiger partial charge in [0.05, 0.1) is 19.6 Å². The van der Waals surface area contributed by atoms with Crippen LogP contribution in [-0.2, 0) is 11.2 Å². The zero-order valence-electron chi connectivity index (χ0n) is 17.7. The smallest absolute Gasteiger partial charge is 0.244 e. The number of aromatic nitrogens is 3. The second kappa shape index (κ2) is 7.77. The quantitative estimate of drug-likeness (QED) is 0.628. The summed E-state index contributed by atoms with van der Waals surface area (Å²) in [6, 6.07) is 11.5. The summed E-state index contributed by atoms with van der Waals surface area (Å²) in [7, 11) is 3.72. The first-order valence-electron chi connectivity index (χ1n) is 10.4. The van der Waals surface area contributed by atoms with E-state index in [0.29, 0.717) is 18.1 Å². The lowest BCUT2D eigenvalue weighted by Gasteiger charge is -2.48. The van der Waals surface area contributed by atoms with Gasteiger partial charge >= 0.3 is 0 Å². The zero-order chi connectivity index (χ0) is 21.4. The minimum Gasteiger partial charge on any atom is -0.497 e. The van der Waals surface area contributed by atoms with Crippen LogP contribution >= 0.6 is 0 Å². The number of nitrogens with zero attached hydrogens (tertiary/aromatic N) is 5. The van der Waals surface area contributed by atoms with Crippen molar-refractivity contribution >= 4 is 5.91 Å². The van der Waals surface area contributed by atoms with Crippen molar-refractivity contribution < 1.29 is 14.1 Å². The molecule has 8 heteroatoms. The van der Waals surface area contributed by atoms with Gasteiger partial charge in [0.25, 0.3) is 0 Å². The van der Waals surface area contributed by atoms with Gasteiger partial charge in [-0.25, -0.2) is 0 Å². The van der Waals surface area contributed by atoms with Crippen LogP contribution in [0, 0.1) is 5.41 Å². The van der Waals surface area contributed by atoms with E-state index in [1.54, 1.807) is 19.5 Å². The molecule has 2 fully saturated rings. The Bertz CT molecular complexity index is 1060. The monoisotopic (exact) mass is 419 g/mol. The lowest BCUT2D eigenvalue weighted by atomic mass is 9.77. The predicted molar refractivity (Wildman–Crippen MR) is 113 cm³/mol. The fraction of sp³-hybridized carbons (Fsp3) is 0.391. The largest absolute Gasteiger partial charge is 0.497 e. The topological polar surface area (TPSA) is 84.6 Å². The number of benzene rings is 1. The van der Waals surface area contributed by atoms with Crippen molar-refractivity contribution in [2.75, 3.05) is 33.8 Å². The maximum absolute atomic E-state index is 12.7. The van der Waals surface area contributed by atoms with E-state index in [-0.39, 0.29) is 17.4 Å². The molecule has 0 saturated carbocycles. The van der Waals surface area contributed by atoms with E-state index < -0.39 is 0 Å². The second-order valence-corrected chi connectivity index (χ2v) is 8.61. The summed E-state index contributed by atoms with van der Waals surface area (Å²) in [4.78, 5) is 25.7. The molecule has 5 rings (SSSR count). The van der Waals surface area contributed by atoms with Crippen LogP contribution in [0.3, 0.4) is 0 Å². The summed E-state index contributed by atoms with van der Waals surface area (Å²) in [6.45, 7) is 2.45. The van der Waals surface area contributed by atoms with Crippen LogP contribution in [0.5, 0.6) is 5.75 Å². The molecule has 3 aromatic rings. The van der Waals surface area contributed by atoms with Gasteiger partial charge in [0.1, 0.15) is 5.75 Å². The number of hydrogen-bond donors (Lipinski definition) is 0. The third kappa shape index (κ3) is 3.79. The van der Waals surface area contributed by atoms with E-state index in [1.165, 1.54) is 0 Å². The predicted octanol–water partition coefficient (Wildman–Crippen LogP) is 2.59. The molecule has 2 saturated heterocycles. The van der Waals surface area contributed by atoms with Crippen molar-refractivity contribution in [2.45, 2.75) is 18.9 Å². The molecule has 0 aliphatic carbocycles. The molecule has 0 N–H and O–H groups in total. The van der Waals surface area contributed by atoms with Gasteiger partial charge in [-0.05, 0) is 43.3 Å². The highest BCUT2D eigenvalue weighted by atomic mass is 16.5. The van der Waals surface area contributed by atoms with E-state index in [2.05, 4.69) is 27.1 Å². The standard InChI is InChI=1S/C23H25N5O3/c1-27-13-23(11-19(27)22-25-21(26-31-22)17-4-3-9-24-12-17)14-28(15-23)20(29)10-16-5-7-18(30-2)8-6-16/h3-9,12,19H,10-11,13-15H2,1-2H3. The number of ether oxygens (including phenoxy) is 1. The van der Waals surface area contributed by atoms with Gasteiger partial charge in [0.15, 0.2) is 0 Å². The van der Waals surface area contributed by atoms with Gasteiger partial charge in [-0.15, -0.1) is 0 Å². The van der Waals surface area contributed by atoms with Gasteiger partial charge in [-0.3, -0.25) is 14.7 Å². The third-order valence-corrected chi connectivity index (χ3v) is 6.31. The molecule has 160 valence electrons.